The van der Waals surface area contributed by atoms with E-state index in [1.54, 1.807) is 13.1 Å². The molecule has 0 saturated carbocycles. The molecule has 1 N–H and O–H groups in total. The predicted molar refractivity (Wildman–Crippen MR) is 111 cm³/mol. The number of nitrogens with one attached hydrogen (secondary N) is 1. The van der Waals surface area contributed by atoms with Crippen LogP contribution in [-0.4, -0.2) is 41.5 Å². The summed E-state index contributed by atoms with van der Waals surface area (Å²) in [6.45, 7) is 0.419. The van der Waals surface area contributed by atoms with Crippen molar-refractivity contribution >= 4 is 21.6 Å². The van der Waals surface area contributed by atoms with Crippen molar-refractivity contribution in [2.75, 3.05) is 13.6 Å². The van der Waals surface area contributed by atoms with Crippen molar-refractivity contribution in [3.63, 3.8) is 0 Å². The Balaban J connectivity index is 1.44. The highest BCUT2D eigenvalue weighted by molar-refractivity contribution is 7.89. The minimum absolute atomic E-state index is 0.131. The van der Waals surface area contributed by atoms with E-state index in [1.165, 1.54) is 34.8 Å². The molecular formula is C20H22ClFN4O2S. The summed E-state index contributed by atoms with van der Waals surface area (Å²) in [5, 5.41) is 7.46. The Bertz CT molecular complexity index is 1050. The topological polar surface area (TPSA) is 79.0 Å². The number of benzene rings is 1. The van der Waals surface area contributed by atoms with E-state index in [-0.39, 0.29) is 15.9 Å². The standard InChI is InChI=1S/C20H22ClFN4O2S/c1-26(29(27,28)18-9-10-20(21)23-14-18)11-4-2-3-8-17-13-19(25-24-17)15-6-5-7-16(22)12-15/h5-7,9-10,12-14H,2-4,8,11H2,1H3,(H,24,25). The number of unbranched alkanes of at least 4 members (excludes halogenated alkanes) is 2. The van der Waals surface area contributed by atoms with E-state index in [0.29, 0.717) is 12.2 Å². The summed E-state index contributed by atoms with van der Waals surface area (Å²) in [6, 6.07) is 11.2. The van der Waals surface area contributed by atoms with Crippen LogP contribution in [0.5, 0.6) is 0 Å². The summed E-state index contributed by atoms with van der Waals surface area (Å²) in [5.74, 6) is -0.291. The maximum absolute atomic E-state index is 13.3. The highest BCUT2D eigenvalue weighted by Crippen LogP contribution is 2.20. The molecule has 154 valence electrons. The van der Waals surface area contributed by atoms with Gasteiger partial charge in [0.25, 0.3) is 0 Å². The number of pyridine rings is 1. The van der Waals surface area contributed by atoms with E-state index in [4.69, 9.17) is 11.6 Å². The third-order valence-electron chi connectivity index (χ3n) is 4.58. The largest absolute Gasteiger partial charge is 0.282 e. The zero-order valence-electron chi connectivity index (χ0n) is 16.0. The molecule has 0 spiro atoms. The van der Waals surface area contributed by atoms with Gasteiger partial charge in [0.15, 0.2) is 0 Å². The van der Waals surface area contributed by atoms with Crippen molar-refractivity contribution < 1.29 is 12.8 Å². The van der Waals surface area contributed by atoms with Gasteiger partial charge >= 0.3 is 0 Å². The first-order valence-corrected chi connectivity index (χ1v) is 11.1. The summed E-state index contributed by atoms with van der Waals surface area (Å²) >= 11 is 5.71. The minimum atomic E-state index is -3.56. The zero-order chi connectivity index (χ0) is 20.9. The average molecular weight is 437 g/mol. The smallest absolute Gasteiger partial charge is 0.244 e. The molecule has 6 nitrogen and oxygen atoms in total. The molecular weight excluding hydrogens is 415 g/mol. The number of hydrogen-bond acceptors (Lipinski definition) is 4. The second-order valence-corrected chi connectivity index (χ2v) is 9.17. The number of H-pyrrole nitrogens is 1. The number of nitrogens with zero attached hydrogens (tertiary/aromatic N) is 3. The Labute approximate surface area is 174 Å². The van der Waals surface area contributed by atoms with Crippen molar-refractivity contribution in [3.8, 4) is 11.3 Å². The average Bonchev–Trinajstić information content (AvgIpc) is 3.17. The Morgan fingerprint density at radius 1 is 1.14 bits per heavy atom. The van der Waals surface area contributed by atoms with Crippen LogP contribution < -0.4 is 0 Å². The molecule has 9 heteroatoms. The molecule has 0 saturated heterocycles. The highest BCUT2D eigenvalue weighted by atomic mass is 35.5. The van der Waals surface area contributed by atoms with Crippen molar-refractivity contribution in [1.82, 2.24) is 19.5 Å². The molecule has 3 aromatic rings. The van der Waals surface area contributed by atoms with E-state index in [1.807, 2.05) is 12.1 Å². The number of aromatic amines is 1. The summed E-state index contributed by atoms with van der Waals surface area (Å²) in [7, 11) is -2.00. The SMILES string of the molecule is CN(CCCCCc1cc(-c2cccc(F)c2)n[nH]1)S(=O)(=O)c1ccc(Cl)nc1. The highest BCUT2D eigenvalue weighted by Gasteiger charge is 2.20. The molecule has 0 aliphatic carbocycles. The number of aryl methyl sites for hydroxylation is 1. The van der Waals surface area contributed by atoms with Gasteiger partial charge in [-0.1, -0.05) is 30.2 Å². The van der Waals surface area contributed by atoms with Gasteiger partial charge in [0.1, 0.15) is 15.9 Å². The molecule has 2 heterocycles. The lowest BCUT2D eigenvalue weighted by Crippen LogP contribution is -2.28. The molecule has 2 aromatic heterocycles. The van der Waals surface area contributed by atoms with Gasteiger partial charge in [0.2, 0.25) is 10.0 Å². The first-order valence-electron chi connectivity index (χ1n) is 9.24. The van der Waals surface area contributed by atoms with E-state index in [2.05, 4.69) is 15.2 Å². The second-order valence-electron chi connectivity index (χ2n) is 6.74. The van der Waals surface area contributed by atoms with Crippen LogP contribution in [0.15, 0.2) is 53.6 Å². The number of hydrogen-bond donors (Lipinski definition) is 1. The molecule has 0 atom stereocenters. The van der Waals surface area contributed by atoms with Crippen molar-refractivity contribution in [2.45, 2.75) is 30.6 Å². The second kappa shape index (κ2) is 9.47. The summed E-state index contributed by atoms with van der Waals surface area (Å²) in [5.41, 5.74) is 2.41. The van der Waals surface area contributed by atoms with Crippen molar-refractivity contribution in [1.29, 1.82) is 0 Å². The van der Waals surface area contributed by atoms with Gasteiger partial charge in [-0.2, -0.15) is 5.10 Å². The molecule has 3 rings (SSSR count). The summed E-state index contributed by atoms with van der Waals surface area (Å²) < 4.78 is 39.6. The van der Waals surface area contributed by atoms with Crippen molar-refractivity contribution in [3.05, 3.63) is 65.3 Å². The van der Waals surface area contributed by atoms with Crippen LogP contribution in [-0.2, 0) is 16.4 Å². The fourth-order valence-electron chi connectivity index (χ4n) is 2.93. The zero-order valence-corrected chi connectivity index (χ0v) is 17.5. The van der Waals surface area contributed by atoms with E-state index in [9.17, 15) is 12.8 Å². The molecule has 0 radical (unpaired) electrons. The molecule has 1 aromatic carbocycles. The molecule has 0 bridgehead atoms. The van der Waals surface area contributed by atoms with Gasteiger partial charge in [-0.15, -0.1) is 0 Å². The Kier molecular flexibility index (Phi) is 7.00. The van der Waals surface area contributed by atoms with Gasteiger partial charge < -0.3 is 0 Å². The quantitative estimate of drug-likeness (QED) is 0.400. The Morgan fingerprint density at radius 3 is 2.69 bits per heavy atom. The Hall–Kier alpha value is -2.29. The molecule has 0 unspecified atom stereocenters. The molecule has 0 fully saturated rings. The normalized spacial score (nSPS) is 11.9. The van der Waals surface area contributed by atoms with E-state index >= 15 is 0 Å². The van der Waals surface area contributed by atoms with Crippen LogP contribution in [0.2, 0.25) is 5.15 Å². The molecule has 0 amide bonds. The number of rotatable bonds is 9. The minimum Gasteiger partial charge on any atom is -0.282 e. The lowest BCUT2D eigenvalue weighted by atomic mass is 10.1. The van der Waals surface area contributed by atoms with Crippen LogP contribution >= 0.6 is 11.6 Å². The molecule has 0 aliphatic rings. The van der Waals surface area contributed by atoms with Crippen LogP contribution in [0.3, 0.4) is 0 Å². The number of aromatic nitrogens is 3. The fraction of sp³-hybridized carbons (Fsp3) is 0.300. The summed E-state index contributed by atoms with van der Waals surface area (Å²) in [6.07, 6.45) is 4.55. The van der Waals surface area contributed by atoms with Gasteiger partial charge in [0.05, 0.1) is 5.69 Å². The van der Waals surface area contributed by atoms with Crippen LogP contribution in [0.1, 0.15) is 25.0 Å². The van der Waals surface area contributed by atoms with Crippen LogP contribution in [0.4, 0.5) is 4.39 Å². The van der Waals surface area contributed by atoms with E-state index in [0.717, 1.165) is 36.9 Å². The van der Waals surface area contributed by atoms with Gasteiger partial charge in [-0.05, 0) is 49.6 Å². The van der Waals surface area contributed by atoms with Gasteiger partial charge in [0, 0.05) is 31.0 Å². The Morgan fingerprint density at radius 2 is 1.97 bits per heavy atom. The first kappa shape index (κ1) is 21.4. The van der Waals surface area contributed by atoms with Gasteiger partial charge in [-0.3, -0.25) is 5.10 Å². The fourth-order valence-corrected chi connectivity index (χ4v) is 4.19. The predicted octanol–water partition coefficient (Wildman–Crippen LogP) is 4.30. The summed E-state index contributed by atoms with van der Waals surface area (Å²) in [4.78, 5) is 3.96. The van der Waals surface area contributed by atoms with E-state index < -0.39 is 10.0 Å². The first-order chi connectivity index (χ1) is 13.9. The third-order valence-corrected chi connectivity index (χ3v) is 6.64. The molecule has 0 aliphatic heterocycles. The number of sulfonamides is 1. The lowest BCUT2D eigenvalue weighted by Gasteiger charge is -2.16. The number of halogens is 2. The van der Waals surface area contributed by atoms with Crippen LogP contribution in [0.25, 0.3) is 11.3 Å². The maximum atomic E-state index is 13.3. The maximum Gasteiger partial charge on any atom is 0.244 e. The van der Waals surface area contributed by atoms with Crippen molar-refractivity contribution in [2.24, 2.45) is 0 Å². The monoisotopic (exact) mass is 436 g/mol. The third kappa shape index (κ3) is 5.62. The molecule has 29 heavy (non-hydrogen) atoms. The van der Waals surface area contributed by atoms with Gasteiger partial charge in [-0.25, -0.2) is 22.1 Å². The lowest BCUT2D eigenvalue weighted by molar-refractivity contribution is 0.451. The van der Waals surface area contributed by atoms with Crippen LogP contribution in [0, 0.1) is 5.82 Å².